The van der Waals surface area contributed by atoms with Gasteiger partial charge in [-0.2, -0.15) is 0 Å². The Morgan fingerprint density at radius 1 is 0.274 bits per heavy atom. The SMILES string of the molecule is CCCCC/C=C\C/C=C\C/C=C\CCCCCCCCC(=O)OC(COC(=O)CCCCCCCCCCCC)COC(=O)CCCCCCCCCCCCCCCCCCCCCCCCCCCC. The van der Waals surface area contributed by atoms with Crippen molar-refractivity contribution in [1.29, 1.82) is 0 Å². The zero-order valence-corrected chi connectivity index (χ0v) is 49.2. The Morgan fingerprint density at radius 2 is 0.493 bits per heavy atom. The molecular weight excluding hydrogens is 901 g/mol. The molecular formula is C67H124O6. The lowest BCUT2D eigenvalue weighted by atomic mass is 10.0. The van der Waals surface area contributed by atoms with Crippen molar-refractivity contribution in [3.8, 4) is 0 Å². The molecule has 0 aliphatic rings. The molecule has 73 heavy (non-hydrogen) atoms. The van der Waals surface area contributed by atoms with Gasteiger partial charge in [0.15, 0.2) is 6.10 Å². The van der Waals surface area contributed by atoms with Crippen LogP contribution in [0.1, 0.15) is 355 Å². The molecule has 0 radical (unpaired) electrons. The molecule has 0 aromatic rings. The smallest absolute Gasteiger partial charge is 0.306 e. The third kappa shape index (κ3) is 60.4. The Balaban J connectivity index is 4.18. The summed E-state index contributed by atoms with van der Waals surface area (Å²) >= 11 is 0. The third-order valence-electron chi connectivity index (χ3n) is 14.6. The zero-order chi connectivity index (χ0) is 52.9. The second-order valence-corrected chi connectivity index (χ2v) is 22.0. The van der Waals surface area contributed by atoms with Gasteiger partial charge < -0.3 is 14.2 Å². The average molecular weight is 1030 g/mol. The minimum Gasteiger partial charge on any atom is -0.462 e. The minimum absolute atomic E-state index is 0.0726. The van der Waals surface area contributed by atoms with Gasteiger partial charge >= 0.3 is 17.9 Å². The predicted molar refractivity (Wildman–Crippen MR) is 316 cm³/mol. The van der Waals surface area contributed by atoms with Gasteiger partial charge in [-0.15, -0.1) is 0 Å². The first kappa shape index (κ1) is 70.6. The van der Waals surface area contributed by atoms with Gasteiger partial charge in [-0.1, -0.05) is 314 Å². The van der Waals surface area contributed by atoms with E-state index in [0.29, 0.717) is 19.3 Å². The maximum atomic E-state index is 12.9. The lowest BCUT2D eigenvalue weighted by molar-refractivity contribution is -0.167. The van der Waals surface area contributed by atoms with Crippen molar-refractivity contribution in [3.05, 3.63) is 36.5 Å². The van der Waals surface area contributed by atoms with E-state index >= 15 is 0 Å². The molecule has 0 rings (SSSR count). The van der Waals surface area contributed by atoms with E-state index < -0.39 is 6.10 Å². The summed E-state index contributed by atoms with van der Waals surface area (Å²) in [6.07, 6.45) is 75.9. The minimum atomic E-state index is -0.775. The molecule has 1 unspecified atom stereocenters. The highest BCUT2D eigenvalue weighted by Crippen LogP contribution is 2.18. The predicted octanol–water partition coefficient (Wildman–Crippen LogP) is 22.0. The molecule has 1 atom stereocenters. The Morgan fingerprint density at radius 3 is 0.795 bits per heavy atom. The van der Waals surface area contributed by atoms with E-state index in [1.54, 1.807) is 0 Å². The van der Waals surface area contributed by atoms with E-state index in [9.17, 15) is 14.4 Å². The first-order chi connectivity index (χ1) is 36.0. The third-order valence-corrected chi connectivity index (χ3v) is 14.6. The summed E-state index contributed by atoms with van der Waals surface area (Å²) in [7, 11) is 0. The summed E-state index contributed by atoms with van der Waals surface area (Å²) in [5.74, 6) is -0.864. The van der Waals surface area contributed by atoms with Gasteiger partial charge in [0.25, 0.3) is 0 Å². The number of carbonyl (C=O) groups excluding carboxylic acids is 3. The first-order valence-corrected chi connectivity index (χ1v) is 32.5. The summed E-state index contributed by atoms with van der Waals surface area (Å²) in [5.41, 5.74) is 0. The Labute approximate surface area is 455 Å². The molecule has 0 amide bonds. The molecule has 0 spiro atoms. The summed E-state index contributed by atoms with van der Waals surface area (Å²) in [6.45, 7) is 6.65. The van der Waals surface area contributed by atoms with Crippen LogP contribution < -0.4 is 0 Å². The van der Waals surface area contributed by atoms with Crippen LogP contribution in [0.15, 0.2) is 36.5 Å². The monoisotopic (exact) mass is 1020 g/mol. The molecule has 0 saturated heterocycles. The molecule has 0 aromatic carbocycles. The molecule has 6 heteroatoms. The van der Waals surface area contributed by atoms with Gasteiger partial charge in [0, 0.05) is 19.3 Å². The van der Waals surface area contributed by atoms with Crippen LogP contribution >= 0.6 is 0 Å². The number of hydrogen-bond donors (Lipinski definition) is 0. The average Bonchev–Trinajstić information content (AvgIpc) is 3.39. The van der Waals surface area contributed by atoms with E-state index in [4.69, 9.17) is 14.2 Å². The molecule has 0 heterocycles. The number of rotatable bonds is 60. The van der Waals surface area contributed by atoms with E-state index in [2.05, 4.69) is 57.2 Å². The summed E-state index contributed by atoms with van der Waals surface area (Å²) < 4.78 is 16.9. The molecule has 0 aliphatic heterocycles. The first-order valence-electron chi connectivity index (χ1n) is 32.5. The Kier molecular flexibility index (Phi) is 60.2. The maximum Gasteiger partial charge on any atom is 0.306 e. The lowest BCUT2D eigenvalue weighted by Gasteiger charge is -2.18. The molecule has 0 bridgehead atoms. The second-order valence-electron chi connectivity index (χ2n) is 22.0. The Bertz CT molecular complexity index is 1220. The van der Waals surface area contributed by atoms with Crippen LogP contribution in [0.4, 0.5) is 0 Å². The van der Waals surface area contributed by atoms with Crippen LogP contribution in [0.3, 0.4) is 0 Å². The van der Waals surface area contributed by atoms with Crippen molar-refractivity contribution in [2.24, 2.45) is 0 Å². The zero-order valence-electron chi connectivity index (χ0n) is 49.2. The standard InChI is InChI=1S/C67H124O6/c1-4-7-10-13-16-19-22-24-26-28-30-31-32-33-34-35-36-38-39-41-43-45-48-51-54-57-60-66(69)72-63-64(62-71-65(68)59-56-53-50-47-21-18-15-12-9-6-3)73-67(70)61-58-55-52-49-46-44-42-40-37-29-27-25-23-20-17-14-11-8-5-2/h17,20,25,27,37,40,64H,4-16,18-19,21-24,26,28-36,38-39,41-63H2,1-3H3/b20-17-,27-25-,40-37-. The van der Waals surface area contributed by atoms with Crippen molar-refractivity contribution < 1.29 is 28.6 Å². The highest BCUT2D eigenvalue weighted by atomic mass is 16.6. The summed E-state index contributed by atoms with van der Waals surface area (Å²) in [4.78, 5) is 38.2. The maximum absolute atomic E-state index is 12.9. The topological polar surface area (TPSA) is 78.9 Å². The van der Waals surface area contributed by atoms with Crippen molar-refractivity contribution in [3.63, 3.8) is 0 Å². The van der Waals surface area contributed by atoms with E-state index in [0.717, 1.165) is 77.0 Å². The summed E-state index contributed by atoms with van der Waals surface area (Å²) in [5, 5.41) is 0. The molecule has 0 fully saturated rings. The lowest BCUT2D eigenvalue weighted by Crippen LogP contribution is -2.30. The van der Waals surface area contributed by atoms with Gasteiger partial charge in [-0.3, -0.25) is 14.4 Å². The van der Waals surface area contributed by atoms with Crippen molar-refractivity contribution in [2.75, 3.05) is 13.2 Å². The quantitative estimate of drug-likeness (QED) is 0.0261. The van der Waals surface area contributed by atoms with Crippen molar-refractivity contribution in [1.82, 2.24) is 0 Å². The van der Waals surface area contributed by atoms with Gasteiger partial charge in [-0.05, 0) is 57.8 Å². The van der Waals surface area contributed by atoms with Crippen LogP contribution in [-0.2, 0) is 28.6 Å². The number of ether oxygens (including phenoxy) is 3. The number of carbonyl (C=O) groups is 3. The van der Waals surface area contributed by atoms with E-state index in [-0.39, 0.29) is 31.1 Å². The second kappa shape index (κ2) is 62.2. The van der Waals surface area contributed by atoms with Crippen LogP contribution in [0.2, 0.25) is 0 Å². The highest BCUT2D eigenvalue weighted by Gasteiger charge is 2.19. The molecule has 0 N–H and O–H groups in total. The number of allylic oxidation sites excluding steroid dienone is 6. The number of esters is 3. The van der Waals surface area contributed by atoms with E-state index in [1.165, 1.54) is 238 Å². The van der Waals surface area contributed by atoms with Crippen LogP contribution in [-0.4, -0.2) is 37.2 Å². The fourth-order valence-electron chi connectivity index (χ4n) is 9.75. The van der Waals surface area contributed by atoms with Crippen LogP contribution in [0, 0.1) is 0 Å². The van der Waals surface area contributed by atoms with Gasteiger partial charge in [-0.25, -0.2) is 0 Å². The number of unbranched alkanes of at least 4 members (excludes halogenated alkanes) is 43. The van der Waals surface area contributed by atoms with Crippen LogP contribution in [0.25, 0.3) is 0 Å². The molecule has 0 aliphatic carbocycles. The van der Waals surface area contributed by atoms with Gasteiger partial charge in [0.1, 0.15) is 13.2 Å². The highest BCUT2D eigenvalue weighted by molar-refractivity contribution is 5.71. The number of hydrogen-bond acceptors (Lipinski definition) is 6. The fraction of sp³-hybridized carbons (Fsp3) is 0.866. The largest absolute Gasteiger partial charge is 0.462 e. The molecule has 0 aromatic heterocycles. The van der Waals surface area contributed by atoms with Crippen molar-refractivity contribution >= 4 is 17.9 Å². The van der Waals surface area contributed by atoms with Crippen molar-refractivity contribution in [2.45, 2.75) is 361 Å². The van der Waals surface area contributed by atoms with Gasteiger partial charge in [0.2, 0.25) is 0 Å². The Hall–Kier alpha value is -2.37. The summed E-state index contributed by atoms with van der Waals surface area (Å²) in [6, 6.07) is 0. The van der Waals surface area contributed by atoms with E-state index in [1.807, 2.05) is 0 Å². The normalized spacial score (nSPS) is 12.2. The molecule has 6 nitrogen and oxygen atoms in total. The molecule has 428 valence electrons. The van der Waals surface area contributed by atoms with Gasteiger partial charge in [0.05, 0.1) is 0 Å². The molecule has 0 saturated carbocycles. The fourth-order valence-corrected chi connectivity index (χ4v) is 9.75. The van der Waals surface area contributed by atoms with Crippen LogP contribution in [0.5, 0.6) is 0 Å².